The largest absolute Gasteiger partial charge is 0.494 e. The fourth-order valence-corrected chi connectivity index (χ4v) is 1.88. The molecule has 0 aromatic heterocycles. The second kappa shape index (κ2) is 8.08. The highest BCUT2D eigenvalue weighted by molar-refractivity contribution is 5.27. The average molecular weight is 252 g/mol. The molecule has 0 aliphatic rings. The number of hydrogen-bond donors (Lipinski definition) is 2. The van der Waals surface area contributed by atoms with Gasteiger partial charge in [0.1, 0.15) is 5.75 Å². The molecule has 1 aromatic carbocycles. The minimum Gasteiger partial charge on any atom is -0.494 e. The van der Waals surface area contributed by atoms with Gasteiger partial charge in [-0.15, -0.1) is 0 Å². The molecule has 0 amide bonds. The number of likely N-dealkylation sites (N-methyl/N-ethyl adjacent to an activating group) is 1. The first kappa shape index (κ1) is 15.0. The van der Waals surface area contributed by atoms with Gasteiger partial charge < -0.3 is 15.6 Å². The van der Waals surface area contributed by atoms with Crippen LogP contribution in [0.3, 0.4) is 0 Å². The van der Waals surface area contributed by atoms with Crippen LogP contribution in [0, 0.1) is 0 Å². The Morgan fingerprint density at radius 1 is 1.33 bits per heavy atom. The summed E-state index contributed by atoms with van der Waals surface area (Å²) in [4.78, 5) is 2.09. The van der Waals surface area contributed by atoms with Crippen LogP contribution in [0.25, 0.3) is 0 Å². The van der Waals surface area contributed by atoms with Crippen LogP contribution in [0.2, 0.25) is 0 Å². The van der Waals surface area contributed by atoms with Crippen molar-refractivity contribution in [3.05, 3.63) is 29.8 Å². The second-order valence-corrected chi connectivity index (χ2v) is 4.50. The summed E-state index contributed by atoms with van der Waals surface area (Å²) in [6.45, 7) is 4.64. The summed E-state index contributed by atoms with van der Waals surface area (Å²) in [5.74, 6) is 0.895. The fourth-order valence-electron chi connectivity index (χ4n) is 1.88. The summed E-state index contributed by atoms with van der Waals surface area (Å²) in [6, 6.07) is 8.06. The summed E-state index contributed by atoms with van der Waals surface area (Å²) in [6.07, 6.45) is 0.302. The van der Waals surface area contributed by atoms with Crippen molar-refractivity contribution in [1.82, 2.24) is 4.90 Å². The van der Waals surface area contributed by atoms with Crippen LogP contribution in [-0.2, 0) is 6.54 Å². The van der Waals surface area contributed by atoms with Crippen LogP contribution in [0.5, 0.6) is 5.75 Å². The van der Waals surface area contributed by atoms with Gasteiger partial charge >= 0.3 is 0 Å². The molecule has 1 rings (SSSR count). The summed E-state index contributed by atoms with van der Waals surface area (Å²) >= 11 is 0. The lowest BCUT2D eigenvalue weighted by Gasteiger charge is -2.20. The number of benzene rings is 1. The maximum atomic E-state index is 9.67. The maximum absolute atomic E-state index is 9.67. The van der Waals surface area contributed by atoms with E-state index in [2.05, 4.69) is 17.0 Å². The van der Waals surface area contributed by atoms with Gasteiger partial charge in [0, 0.05) is 13.1 Å². The molecule has 0 bridgehead atoms. The van der Waals surface area contributed by atoms with E-state index in [0.717, 1.165) is 12.3 Å². The average Bonchev–Trinajstić information content (AvgIpc) is 2.32. The molecule has 0 spiro atoms. The van der Waals surface area contributed by atoms with Crippen LogP contribution in [-0.4, -0.2) is 42.9 Å². The van der Waals surface area contributed by atoms with Gasteiger partial charge in [-0.3, -0.25) is 4.90 Å². The molecular weight excluding hydrogens is 228 g/mol. The van der Waals surface area contributed by atoms with E-state index < -0.39 is 0 Å². The molecule has 1 unspecified atom stereocenters. The Bertz CT molecular complexity index is 327. The number of rotatable bonds is 8. The van der Waals surface area contributed by atoms with Crippen molar-refractivity contribution in [2.45, 2.75) is 26.0 Å². The quantitative estimate of drug-likeness (QED) is 0.730. The van der Waals surface area contributed by atoms with E-state index in [1.54, 1.807) is 0 Å². The first-order valence-electron chi connectivity index (χ1n) is 6.44. The summed E-state index contributed by atoms with van der Waals surface area (Å²) in [5, 5.41) is 9.67. The van der Waals surface area contributed by atoms with Crippen molar-refractivity contribution in [3.63, 3.8) is 0 Å². The Morgan fingerprint density at radius 3 is 2.56 bits per heavy atom. The third kappa shape index (κ3) is 5.49. The zero-order valence-corrected chi connectivity index (χ0v) is 11.3. The van der Waals surface area contributed by atoms with E-state index in [-0.39, 0.29) is 6.10 Å². The molecule has 0 saturated heterocycles. The van der Waals surface area contributed by atoms with Crippen molar-refractivity contribution in [2.75, 3.05) is 26.7 Å². The van der Waals surface area contributed by atoms with Gasteiger partial charge in [-0.2, -0.15) is 0 Å². The monoisotopic (exact) mass is 252 g/mol. The lowest BCUT2D eigenvalue weighted by Crippen LogP contribution is -2.30. The maximum Gasteiger partial charge on any atom is 0.119 e. The zero-order valence-electron chi connectivity index (χ0n) is 11.3. The number of nitrogens with two attached hydrogens (primary N) is 1. The predicted molar refractivity (Wildman–Crippen MR) is 73.6 cm³/mol. The number of nitrogens with zero attached hydrogens (tertiary/aromatic N) is 1. The number of hydrogen-bond acceptors (Lipinski definition) is 4. The fraction of sp³-hybridized carbons (Fsp3) is 0.571. The Labute approximate surface area is 109 Å². The summed E-state index contributed by atoms with van der Waals surface area (Å²) in [5.41, 5.74) is 6.62. The number of aliphatic hydroxyl groups is 1. The van der Waals surface area contributed by atoms with Crippen molar-refractivity contribution in [2.24, 2.45) is 5.73 Å². The van der Waals surface area contributed by atoms with Gasteiger partial charge in [-0.05, 0) is 44.6 Å². The lowest BCUT2D eigenvalue weighted by atomic mass is 10.2. The van der Waals surface area contributed by atoms with E-state index in [9.17, 15) is 5.11 Å². The highest BCUT2D eigenvalue weighted by Crippen LogP contribution is 2.13. The third-order valence-electron chi connectivity index (χ3n) is 2.71. The van der Waals surface area contributed by atoms with Gasteiger partial charge in [-0.25, -0.2) is 0 Å². The molecule has 1 atom stereocenters. The molecule has 102 valence electrons. The first-order chi connectivity index (χ1) is 8.65. The Balaban J connectivity index is 2.41. The number of ether oxygens (including phenoxy) is 1. The number of aliphatic hydroxyl groups excluding tert-OH is 1. The van der Waals surface area contributed by atoms with Gasteiger partial charge in [0.25, 0.3) is 0 Å². The van der Waals surface area contributed by atoms with E-state index >= 15 is 0 Å². The van der Waals surface area contributed by atoms with E-state index in [4.69, 9.17) is 10.5 Å². The molecule has 3 N–H and O–H groups in total. The Morgan fingerprint density at radius 2 is 2.00 bits per heavy atom. The Hall–Kier alpha value is -1.10. The minimum atomic E-state index is -0.345. The summed E-state index contributed by atoms with van der Waals surface area (Å²) < 4.78 is 5.39. The van der Waals surface area contributed by atoms with Crippen molar-refractivity contribution in [1.29, 1.82) is 0 Å². The van der Waals surface area contributed by atoms with E-state index in [0.29, 0.717) is 26.1 Å². The molecule has 0 heterocycles. The smallest absolute Gasteiger partial charge is 0.119 e. The van der Waals surface area contributed by atoms with Crippen LogP contribution < -0.4 is 10.5 Å². The van der Waals surface area contributed by atoms with Crippen molar-refractivity contribution >= 4 is 0 Å². The molecular formula is C14H24N2O2. The van der Waals surface area contributed by atoms with E-state index in [1.165, 1.54) is 5.56 Å². The van der Waals surface area contributed by atoms with Crippen molar-refractivity contribution < 1.29 is 9.84 Å². The van der Waals surface area contributed by atoms with Crippen molar-refractivity contribution in [3.8, 4) is 5.75 Å². The predicted octanol–water partition coefficient (Wildman–Crippen LogP) is 1.23. The minimum absolute atomic E-state index is 0.345. The standard InChI is InChI=1S/C14H24N2O2/c1-3-18-14-6-4-12(5-7-14)10-16(2)11-13(17)8-9-15/h4-7,13,17H,3,8-11,15H2,1-2H3. The van der Waals surface area contributed by atoms with Crippen LogP contribution in [0.15, 0.2) is 24.3 Å². The van der Waals surface area contributed by atoms with Crippen LogP contribution in [0.4, 0.5) is 0 Å². The molecule has 4 heteroatoms. The normalized spacial score (nSPS) is 12.7. The Kier molecular flexibility index (Phi) is 6.72. The molecule has 0 aliphatic carbocycles. The van der Waals surface area contributed by atoms with Gasteiger partial charge in [0.2, 0.25) is 0 Å². The van der Waals surface area contributed by atoms with Gasteiger partial charge in [-0.1, -0.05) is 12.1 Å². The third-order valence-corrected chi connectivity index (χ3v) is 2.71. The molecule has 0 radical (unpaired) electrons. The molecule has 0 saturated carbocycles. The molecule has 18 heavy (non-hydrogen) atoms. The lowest BCUT2D eigenvalue weighted by molar-refractivity contribution is 0.117. The van der Waals surface area contributed by atoms with Crippen LogP contribution >= 0.6 is 0 Å². The van der Waals surface area contributed by atoms with E-state index in [1.807, 2.05) is 26.1 Å². The molecule has 0 aliphatic heterocycles. The molecule has 1 aromatic rings. The van der Waals surface area contributed by atoms with Gasteiger partial charge in [0.15, 0.2) is 0 Å². The highest BCUT2D eigenvalue weighted by atomic mass is 16.5. The molecule has 4 nitrogen and oxygen atoms in total. The topological polar surface area (TPSA) is 58.7 Å². The first-order valence-corrected chi connectivity index (χ1v) is 6.44. The highest BCUT2D eigenvalue weighted by Gasteiger charge is 2.07. The van der Waals surface area contributed by atoms with Gasteiger partial charge in [0.05, 0.1) is 12.7 Å². The summed E-state index contributed by atoms with van der Waals surface area (Å²) in [7, 11) is 2.00. The SMILES string of the molecule is CCOc1ccc(CN(C)CC(O)CCN)cc1. The zero-order chi connectivity index (χ0) is 13.4. The molecule has 0 fully saturated rings. The second-order valence-electron chi connectivity index (χ2n) is 4.50. The van der Waals surface area contributed by atoms with Crippen LogP contribution in [0.1, 0.15) is 18.9 Å².